The molecule has 0 radical (unpaired) electrons. The van der Waals surface area contributed by atoms with Crippen LogP contribution >= 0.6 is 0 Å². The maximum Gasteiger partial charge on any atom is 0.147 e. The van der Waals surface area contributed by atoms with E-state index < -0.39 is 0 Å². The minimum Gasteiger partial charge on any atom is -0.490 e. The molecule has 1 aliphatic carbocycles. The molecule has 6 heteroatoms. The van der Waals surface area contributed by atoms with Gasteiger partial charge in [0, 0.05) is 32.1 Å². The van der Waals surface area contributed by atoms with E-state index >= 15 is 0 Å². The van der Waals surface area contributed by atoms with E-state index in [2.05, 4.69) is 49.2 Å². The molecule has 0 spiro atoms. The third-order valence-electron chi connectivity index (χ3n) is 6.43. The standard InChI is InChI=1S/C22H31N5O/c1-2-8-19(7-1)28-20-9-3-5-17(13-20)15-26-11-12-27-21(16-26)24-25-22(27)18-6-4-10-23-14-18/h3,5,9,13,18-19,23H,1-2,4,6-8,10-12,14-16H2. The van der Waals surface area contributed by atoms with Gasteiger partial charge in [-0.2, -0.15) is 0 Å². The number of benzene rings is 1. The number of piperidine rings is 1. The van der Waals surface area contributed by atoms with Gasteiger partial charge in [0.1, 0.15) is 17.4 Å². The van der Waals surface area contributed by atoms with Crippen molar-refractivity contribution in [3.63, 3.8) is 0 Å². The molecule has 6 nitrogen and oxygen atoms in total. The quantitative estimate of drug-likeness (QED) is 0.863. The molecular weight excluding hydrogens is 350 g/mol. The van der Waals surface area contributed by atoms with Crippen molar-refractivity contribution in [3.05, 3.63) is 41.5 Å². The lowest BCUT2D eigenvalue weighted by molar-refractivity contribution is 0.201. The zero-order valence-electron chi connectivity index (χ0n) is 16.6. The second kappa shape index (κ2) is 8.21. The van der Waals surface area contributed by atoms with Crippen LogP contribution in [0.1, 0.15) is 61.7 Å². The van der Waals surface area contributed by atoms with E-state index in [1.54, 1.807) is 0 Å². The first-order chi connectivity index (χ1) is 13.8. The van der Waals surface area contributed by atoms with E-state index in [1.807, 2.05) is 0 Å². The molecule has 1 N–H and O–H groups in total. The van der Waals surface area contributed by atoms with Crippen LogP contribution in [0.15, 0.2) is 24.3 Å². The van der Waals surface area contributed by atoms with Crippen molar-refractivity contribution in [2.24, 2.45) is 0 Å². The van der Waals surface area contributed by atoms with Crippen LogP contribution < -0.4 is 10.1 Å². The molecule has 1 aromatic heterocycles. The average molecular weight is 382 g/mol. The largest absolute Gasteiger partial charge is 0.490 e. The highest BCUT2D eigenvalue weighted by Crippen LogP contribution is 2.27. The van der Waals surface area contributed by atoms with Gasteiger partial charge in [0.25, 0.3) is 0 Å². The molecule has 2 aromatic rings. The van der Waals surface area contributed by atoms with Gasteiger partial charge in [-0.05, 0) is 62.8 Å². The fourth-order valence-corrected chi connectivity index (χ4v) is 4.91. The van der Waals surface area contributed by atoms with Crippen molar-refractivity contribution >= 4 is 0 Å². The Balaban J connectivity index is 1.23. The number of rotatable bonds is 5. The Bertz CT molecular complexity index is 792. The van der Waals surface area contributed by atoms with Crippen molar-refractivity contribution in [2.75, 3.05) is 19.6 Å². The molecule has 1 unspecified atom stereocenters. The summed E-state index contributed by atoms with van der Waals surface area (Å²) in [6.07, 6.45) is 7.88. The Morgan fingerprint density at radius 1 is 1.07 bits per heavy atom. The third kappa shape index (κ3) is 3.94. The molecule has 2 fully saturated rings. The number of hydrogen-bond acceptors (Lipinski definition) is 5. The summed E-state index contributed by atoms with van der Waals surface area (Å²) in [5.74, 6) is 3.85. The van der Waals surface area contributed by atoms with Crippen molar-refractivity contribution in [3.8, 4) is 5.75 Å². The first-order valence-electron chi connectivity index (χ1n) is 11.0. The number of ether oxygens (including phenoxy) is 1. The third-order valence-corrected chi connectivity index (χ3v) is 6.43. The summed E-state index contributed by atoms with van der Waals surface area (Å²) in [6, 6.07) is 8.65. The number of nitrogens with one attached hydrogen (secondary N) is 1. The number of fused-ring (bicyclic) bond motifs is 1. The topological polar surface area (TPSA) is 55.2 Å². The molecule has 28 heavy (non-hydrogen) atoms. The molecule has 5 rings (SSSR count). The summed E-state index contributed by atoms with van der Waals surface area (Å²) < 4.78 is 8.55. The smallest absolute Gasteiger partial charge is 0.147 e. The van der Waals surface area contributed by atoms with Crippen LogP contribution in [0.25, 0.3) is 0 Å². The Kier molecular flexibility index (Phi) is 5.32. The summed E-state index contributed by atoms with van der Waals surface area (Å²) in [7, 11) is 0. The lowest BCUT2D eigenvalue weighted by Crippen LogP contribution is -2.35. The molecule has 1 atom stereocenters. The minimum absolute atomic E-state index is 0.413. The molecule has 0 bridgehead atoms. The lowest BCUT2D eigenvalue weighted by atomic mass is 9.99. The van der Waals surface area contributed by atoms with Crippen molar-refractivity contribution < 1.29 is 4.74 Å². The second-order valence-corrected chi connectivity index (χ2v) is 8.55. The van der Waals surface area contributed by atoms with Crippen LogP contribution in [-0.2, 0) is 19.6 Å². The van der Waals surface area contributed by atoms with Crippen LogP contribution in [0.3, 0.4) is 0 Å². The van der Waals surface area contributed by atoms with Gasteiger partial charge in [-0.15, -0.1) is 10.2 Å². The summed E-state index contributed by atoms with van der Waals surface area (Å²) in [4.78, 5) is 2.47. The van der Waals surface area contributed by atoms with E-state index in [0.29, 0.717) is 12.0 Å². The van der Waals surface area contributed by atoms with Crippen LogP contribution in [0.2, 0.25) is 0 Å². The summed E-state index contributed by atoms with van der Waals surface area (Å²) in [6.45, 7) is 6.03. The van der Waals surface area contributed by atoms with Gasteiger partial charge in [-0.25, -0.2) is 0 Å². The molecule has 150 valence electrons. The minimum atomic E-state index is 0.413. The first kappa shape index (κ1) is 18.1. The summed E-state index contributed by atoms with van der Waals surface area (Å²) >= 11 is 0. The number of nitrogens with zero attached hydrogens (tertiary/aromatic N) is 4. The SMILES string of the molecule is c1cc(CN2CCn3c(nnc3C3CCCNC3)C2)cc(OC2CCCC2)c1. The molecular formula is C22H31N5O. The van der Waals surface area contributed by atoms with Gasteiger partial charge in [-0.3, -0.25) is 4.90 Å². The molecule has 1 aromatic carbocycles. The van der Waals surface area contributed by atoms with Gasteiger partial charge in [0.05, 0.1) is 12.6 Å². The van der Waals surface area contributed by atoms with Crippen LogP contribution in [0.5, 0.6) is 5.75 Å². The van der Waals surface area contributed by atoms with Crippen molar-refractivity contribution in [1.82, 2.24) is 25.0 Å². The molecule has 0 amide bonds. The monoisotopic (exact) mass is 381 g/mol. The highest BCUT2D eigenvalue weighted by Gasteiger charge is 2.26. The van der Waals surface area contributed by atoms with Gasteiger partial charge >= 0.3 is 0 Å². The van der Waals surface area contributed by atoms with Crippen molar-refractivity contribution in [2.45, 2.75) is 70.2 Å². The maximum absolute atomic E-state index is 6.18. The normalized spacial score (nSPS) is 23.6. The molecule has 3 aliphatic rings. The van der Waals surface area contributed by atoms with Crippen molar-refractivity contribution in [1.29, 1.82) is 0 Å². The Hall–Kier alpha value is -1.92. The zero-order chi connectivity index (χ0) is 18.8. The number of hydrogen-bond donors (Lipinski definition) is 1. The fraction of sp³-hybridized carbons (Fsp3) is 0.636. The highest BCUT2D eigenvalue weighted by molar-refractivity contribution is 5.29. The summed E-state index contributed by atoms with van der Waals surface area (Å²) in [5, 5.41) is 12.6. The molecule has 1 saturated carbocycles. The predicted octanol–water partition coefficient (Wildman–Crippen LogP) is 3.08. The molecule has 2 aliphatic heterocycles. The van der Waals surface area contributed by atoms with Crippen LogP contribution in [0.4, 0.5) is 0 Å². The van der Waals surface area contributed by atoms with Gasteiger partial charge in [-0.1, -0.05) is 12.1 Å². The fourth-order valence-electron chi connectivity index (χ4n) is 4.91. The van der Waals surface area contributed by atoms with E-state index in [1.165, 1.54) is 49.9 Å². The van der Waals surface area contributed by atoms with Crippen LogP contribution in [-0.4, -0.2) is 45.4 Å². The maximum atomic E-state index is 6.18. The predicted molar refractivity (Wildman–Crippen MR) is 108 cm³/mol. The van der Waals surface area contributed by atoms with E-state index in [-0.39, 0.29) is 0 Å². The first-order valence-corrected chi connectivity index (χ1v) is 11.0. The Morgan fingerprint density at radius 2 is 2.00 bits per heavy atom. The Morgan fingerprint density at radius 3 is 2.86 bits per heavy atom. The van der Waals surface area contributed by atoms with Gasteiger partial charge in [0.15, 0.2) is 0 Å². The Labute approximate surface area is 167 Å². The van der Waals surface area contributed by atoms with E-state index in [0.717, 1.165) is 50.8 Å². The summed E-state index contributed by atoms with van der Waals surface area (Å²) in [5.41, 5.74) is 1.32. The van der Waals surface area contributed by atoms with Crippen LogP contribution in [0, 0.1) is 0 Å². The number of aromatic nitrogens is 3. The molecule has 1 saturated heterocycles. The molecule has 3 heterocycles. The van der Waals surface area contributed by atoms with E-state index in [9.17, 15) is 0 Å². The van der Waals surface area contributed by atoms with Gasteiger partial charge in [0.2, 0.25) is 0 Å². The zero-order valence-corrected chi connectivity index (χ0v) is 16.6. The highest BCUT2D eigenvalue weighted by atomic mass is 16.5. The second-order valence-electron chi connectivity index (χ2n) is 8.55. The lowest BCUT2D eigenvalue weighted by Gasteiger charge is -2.29. The van der Waals surface area contributed by atoms with Gasteiger partial charge < -0.3 is 14.6 Å². The van der Waals surface area contributed by atoms with E-state index in [4.69, 9.17) is 4.74 Å². The average Bonchev–Trinajstić information content (AvgIpc) is 3.38.